The third-order valence-corrected chi connectivity index (χ3v) is 2.81. The Kier molecular flexibility index (Phi) is 3.66. The molecule has 2 aromatic rings. The highest BCUT2D eigenvalue weighted by atomic mass is 35.5. The van der Waals surface area contributed by atoms with E-state index in [1.165, 1.54) is 0 Å². The highest BCUT2D eigenvalue weighted by molar-refractivity contribution is 6.31. The number of aromatic nitrogens is 1. The lowest BCUT2D eigenvalue weighted by Crippen LogP contribution is -2.18. The van der Waals surface area contributed by atoms with Gasteiger partial charge in [0.1, 0.15) is 11.6 Å². The van der Waals surface area contributed by atoms with E-state index in [2.05, 4.69) is 4.98 Å². The summed E-state index contributed by atoms with van der Waals surface area (Å²) in [5.74, 6) is 1.71. The number of hydrogen-bond donors (Lipinski definition) is 1. The summed E-state index contributed by atoms with van der Waals surface area (Å²) < 4.78 is 5.29. The van der Waals surface area contributed by atoms with Crippen molar-refractivity contribution in [3.63, 3.8) is 0 Å². The van der Waals surface area contributed by atoms with Crippen LogP contribution in [-0.4, -0.2) is 12.0 Å². The van der Waals surface area contributed by atoms with Crippen molar-refractivity contribution in [1.82, 2.24) is 4.98 Å². The van der Waals surface area contributed by atoms with Crippen LogP contribution in [0.3, 0.4) is 0 Å². The van der Waals surface area contributed by atoms with E-state index < -0.39 is 0 Å². The van der Waals surface area contributed by atoms with Gasteiger partial charge < -0.3 is 15.1 Å². The predicted molar refractivity (Wildman–Crippen MR) is 68.0 cm³/mol. The van der Waals surface area contributed by atoms with Crippen LogP contribution in [0.4, 0.5) is 5.82 Å². The predicted octanol–water partition coefficient (Wildman–Crippen LogP) is 2.42. The third kappa shape index (κ3) is 2.78. The van der Waals surface area contributed by atoms with Crippen molar-refractivity contribution in [2.75, 3.05) is 11.9 Å². The average molecular weight is 252 g/mol. The lowest BCUT2D eigenvalue weighted by Gasteiger charge is -2.17. The van der Waals surface area contributed by atoms with Crippen molar-refractivity contribution < 1.29 is 4.42 Å². The maximum absolute atomic E-state index is 5.96. The molecule has 2 rings (SSSR count). The van der Waals surface area contributed by atoms with E-state index in [0.717, 1.165) is 11.6 Å². The zero-order chi connectivity index (χ0) is 12.3. The monoisotopic (exact) mass is 251 g/mol. The van der Waals surface area contributed by atoms with Gasteiger partial charge in [0.05, 0.1) is 23.5 Å². The fourth-order valence-electron chi connectivity index (χ4n) is 1.55. The van der Waals surface area contributed by atoms with E-state index in [1.807, 2.05) is 36.2 Å². The first-order chi connectivity index (χ1) is 8.20. The molecule has 90 valence electrons. The van der Waals surface area contributed by atoms with Gasteiger partial charge in [-0.05, 0) is 24.3 Å². The van der Waals surface area contributed by atoms with E-state index >= 15 is 0 Å². The van der Waals surface area contributed by atoms with Crippen LogP contribution in [0, 0.1) is 0 Å². The van der Waals surface area contributed by atoms with Crippen LogP contribution in [0.5, 0.6) is 0 Å². The zero-order valence-corrected chi connectivity index (χ0v) is 10.3. The van der Waals surface area contributed by atoms with Gasteiger partial charge in [0.2, 0.25) is 0 Å². The molecule has 0 atom stereocenters. The van der Waals surface area contributed by atoms with E-state index in [4.69, 9.17) is 21.8 Å². The highest BCUT2D eigenvalue weighted by Gasteiger charge is 2.08. The maximum Gasteiger partial charge on any atom is 0.129 e. The SMILES string of the molecule is CN(Cc1ccco1)c1ccc(Cl)c(CN)n1. The van der Waals surface area contributed by atoms with Crippen molar-refractivity contribution in [2.45, 2.75) is 13.1 Å². The molecule has 2 N–H and O–H groups in total. The summed E-state index contributed by atoms with van der Waals surface area (Å²) in [5.41, 5.74) is 6.28. The van der Waals surface area contributed by atoms with Crippen molar-refractivity contribution in [2.24, 2.45) is 5.73 Å². The van der Waals surface area contributed by atoms with Gasteiger partial charge in [-0.3, -0.25) is 0 Å². The minimum absolute atomic E-state index is 0.335. The largest absolute Gasteiger partial charge is 0.467 e. The van der Waals surface area contributed by atoms with E-state index in [-0.39, 0.29) is 0 Å². The van der Waals surface area contributed by atoms with Gasteiger partial charge in [0.15, 0.2) is 0 Å². The van der Waals surface area contributed by atoms with Gasteiger partial charge in [-0.2, -0.15) is 0 Å². The second-order valence-corrected chi connectivity index (χ2v) is 4.14. The van der Waals surface area contributed by atoms with Crippen LogP contribution in [-0.2, 0) is 13.1 Å². The lowest BCUT2D eigenvalue weighted by atomic mass is 10.3. The Hall–Kier alpha value is -1.52. The fraction of sp³-hybridized carbons (Fsp3) is 0.250. The van der Waals surface area contributed by atoms with Crippen LogP contribution in [0.25, 0.3) is 0 Å². The Morgan fingerprint density at radius 3 is 2.88 bits per heavy atom. The first-order valence-corrected chi connectivity index (χ1v) is 5.67. The smallest absolute Gasteiger partial charge is 0.129 e. The standard InChI is InChI=1S/C12H14ClN3O/c1-16(8-9-3-2-6-17-9)12-5-4-10(13)11(7-14)15-12/h2-6H,7-8,14H2,1H3. The molecule has 4 nitrogen and oxygen atoms in total. The Bertz CT molecular complexity index is 485. The Morgan fingerprint density at radius 2 is 2.24 bits per heavy atom. The molecule has 0 aliphatic rings. The van der Waals surface area contributed by atoms with E-state index in [9.17, 15) is 0 Å². The van der Waals surface area contributed by atoms with Gasteiger partial charge in [-0.1, -0.05) is 11.6 Å². The summed E-state index contributed by atoms with van der Waals surface area (Å²) in [5, 5.41) is 0.600. The summed E-state index contributed by atoms with van der Waals surface area (Å²) in [6.07, 6.45) is 1.66. The molecule has 0 aromatic carbocycles. The maximum atomic E-state index is 5.96. The highest BCUT2D eigenvalue weighted by Crippen LogP contribution is 2.19. The summed E-state index contributed by atoms with van der Waals surface area (Å²) in [7, 11) is 1.94. The van der Waals surface area contributed by atoms with Gasteiger partial charge in [0.25, 0.3) is 0 Å². The molecule has 0 amide bonds. The van der Waals surface area contributed by atoms with Crippen molar-refractivity contribution in [1.29, 1.82) is 0 Å². The second kappa shape index (κ2) is 5.21. The molecule has 0 spiro atoms. The first-order valence-electron chi connectivity index (χ1n) is 5.29. The Balaban J connectivity index is 2.16. The molecule has 0 fully saturated rings. The molecule has 0 aliphatic heterocycles. The number of nitrogens with two attached hydrogens (primary N) is 1. The van der Waals surface area contributed by atoms with E-state index in [0.29, 0.717) is 23.8 Å². The van der Waals surface area contributed by atoms with Crippen molar-refractivity contribution >= 4 is 17.4 Å². The molecule has 0 saturated carbocycles. The van der Waals surface area contributed by atoms with Crippen LogP contribution in [0.2, 0.25) is 5.02 Å². The molecule has 0 radical (unpaired) electrons. The van der Waals surface area contributed by atoms with Gasteiger partial charge in [-0.15, -0.1) is 0 Å². The quantitative estimate of drug-likeness (QED) is 0.907. The summed E-state index contributed by atoms with van der Waals surface area (Å²) in [4.78, 5) is 6.38. The number of nitrogens with zero attached hydrogens (tertiary/aromatic N) is 2. The Morgan fingerprint density at radius 1 is 1.41 bits per heavy atom. The fourth-order valence-corrected chi connectivity index (χ4v) is 1.73. The second-order valence-electron chi connectivity index (χ2n) is 3.74. The molecule has 0 bridgehead atoms. The lowest BCUT2D eigenvalue weighted by molar-refractivity contribution is 0.507. The van der Waals surface area contributed by atoms with Crippen molar-refractivity contribution in [3.8, 4) is 0 Å². The van der Waals surface area contributed by atoms with Gasteiger partial charge in [0, 0.05) is 13.6 Å². The van der Waals surface area contributed by atoms with E-state index in [1.54, 1.807) is 6.26 Å². The molecule has 17 heavy (non-hydrogen) atoms. The summed E-state index contributed by atoms with van der Waals surface area (Å²) in [6.45, 7) is 0.993. The summed E-state index contributed by atoms with van der Waals surface area (Å²) in [6, 6.07) is 7.47. The third-order valence-electron chi connectivity index (χ3n) is 2.46. The topological polar surface area (TPSA) is 55.3 Å². The number of furan rings is 1. The Labute approximate surface area is 105 Å². The van der Waals surface area contributed by atoms with Crippen LogP contribution < -0.4 is 10.6 Å². The molecule has 0 aliphatic carbocycles. The minimum Gasteiger partial charge on any atom is -0.467 e. The molecule has 2 aromatic heterocycles. The first kappa shape index (κ1) is 12.0. The van der Waals surface area contributed by atoms with Crippen LogP contribution in [0.15, 0.2) is 34.9 Å². The molecular weight excluding hydrogens is 238 g/mol. The minimum atomic E-state index is 0.335. The molecule has 2 heterocycles. The molecule has 5 heteroatoms. The average Bonchev–Trinajstić information content (AvgIpc) is 2.82. The number of pyridine rings is 1. The molecule has 0 unspecified atom stereocenters. The number of rotatable bonds is 4. The van der Waals surface area contributed by atoms with Crippen LogP contribution in [0.1, 0.15) is 11.5 Å². The number of hydrogen-bond acceptors (Lipinski definition) is 4. The normalized spacial score (nSPS) is 10.5. The number of anilines is 1. The number of halogens is 1. The van der Waals surface area contributed by atoms with Gasteiger partial charge >= 0.3 is 0 Å². The van der Waals surface area contributed by atoms with Crippen LogP contribution >= 0.6 is 11.6 Å². The molecular formula is C12H14ClN3O. The summed E-state index contributed by atoms with van der Waals surface area (Å²) >= 11 is 5.96. The van der Waals surface area contributed by atoms with Crippen molar-refractivity contribution in [3.05, 3.63) is 47.0 Å². The zero-order valence-electron chi connectivity index (χ0n) is 9.56. The molecule has 0 saturated heterocycles. The van der Waals surface area contributed by atoms with Gasteiger partial charge in [-0.25, -0.2) is 4.98 Å².